The van der Waals surface area contributed by atoms with E-state index < -0.39 is 11.7 Å². The number of aryl methyl sites for hydroxylation is 1. The molecule has 4 rings (SSSR count). The molecule has 1 fully saturated rings. The Morgan fingerprint density at radius 3 is 2.41 bits per heavy atom. The summed E-state index contributed by atoms with van der Waals surface area (Å²) < 4.78 is 44.1. The van der Waals surface area contributed by atoms with Gasteiger partial charge in [0.15, 0.2) is 0 Å². The third-order valence-electron chi connectivity index (χ3n) is 5.46. The lowest BCUT2D eigenvalue weighted by Gasteiger charge is -2.26. The summed E-state index contributed by atoms with van der Waals surface area (Å²) in [6.07, 6.45) is -1.73. The number of H-pyrrole nitrogens is 1. The summed E-state index contributed by atoms with van der Waals surface area (Å²) in [5.41, 5.74) is 2.10. The molecule has 0 amide bonds. The Morgan fingerprint density at radius 2 is 1.75 bits per heavy atom. The summed E-state index contributed by atoms with van der Waals surface area (Å²) in [4.78, 5) is 14.5. The van der Waals surface area contributed by atoms with Gasteiger partial charge in [0.05, 0.1) is 17.9 Å². The summed E-state index contributed by atoms with van der Waals surface area (Å²) in [5, 5.41) is 3.34. The zero-order valence-corrected chi connectivity index (χ0v) is 17.9. The molecule has 0 bridgehead atoms. The summed E-state index contributed by atoms with van der Waals surface area (Å²) in [7, 11) is 0. The lowest BCUT2D eigenvalue weighted by Crippen LogP contribution is -2.43. The van der Waals surface area contributed by atoms with Crippen LogP contribution in [-0.2, 0) is 6.18 Å². The Hall–Kier alpha value is -2.91. The first-order chi connectivity index (χ1) is 15.4. The zero-order valence-electron chi connectivity index (χ0n) is 17.9. The fourth-order valence-electron chi connectivity index (χ4n) is 3.70. The summed E-state index contributed by atoms with van der Waals surface area (Å²) in [6, 6.07) is 8.68. The van der Waals surface area contributed by atoms with Crippen molar-refractivity contribution in [3.63, 3.8) is 0 Å². The quantitative estimate of drug-likeness (QED) is 0.535. The summed E-state index contributed by atoms with van der Waals surface area (Å²) >= 11 is 0. The summed E-state index contributed by atoms with van der Waals surface area (Å²) in [6.45, 7) is 7.68. The Morgan fingerprint density at radius 1 is 1.03 bits per heavy atom. The van der Waals surface area contributed by atoms with Gasteiger partial charge in [-0.15, -0.1) is 0 Å². The van der Waals surface area contributed by atoms with E-state index in [9.17, 15) is 13.2 Å². The van der Waals surface area contributed by atoms with Gasteiger partial charge in [0.25, 0.3) is 0 Å². The minimum atomic E-state index is -4.36. The van der Waals surface area contributed by atoms with E-state index in [-0.39, 0.29) is 0 Å². The molecule has 0 atom stereocenters. The number of pyridine rings is 1. The van der Waals surface area contributed by atoms with E-state index in [0.717, 1.165) is 62.5 Å². The number of hydrogen-bond donors (Lipinski definition) is 2. The molecule has 9 heteroatoms. The van der Waals surface area contributed by atoms with E-state index in [4.69, 9.17) is 4.74 Å². The van der Waals surface area contributed by atoms with E-state index >= 15 is 0 Å². The van der Waals surface area contributed by atoms with Gasteiger partial charge in [0.2, 0.25) is 5.88 Å². The number of hydrogen-bond acceptors (Lipinski definition) is 5. The number of aromatic nitrogens is 3. The molecule has 2 N–H and O–H groups in total. The molecule has 3 heterocycles. The van der Waals surface area contributed by atoms with Gasteiger partial charge in [-0.05, 0) is 31.5 Å². The second-order valence-electron chi connectivity index (χ2n) is 7.81. The van der Waals surface area contributed by atoms with Crippen LogP contribution in [0.15, 0.2) is 42.6 Å². The number of halogens is 3. The first kappa shape index (κ1) is 22.3. The maximum atomic E-state index is 12.8. The number of nitrogens with one attached hydrogen (secondary N) is 2. The van der Waals surface area contributed by atoms with Crippen LogP contribution >= 0.6 is 0 Å². The van der Waals surface area contributed by atoms with Crippen LogP contribution in [0.3, 0.4) is 0 Å². The van der Waals surface area contributed by atoms with Crippen molar-refractivity contribution in [2.45, 2.75) is 19.5 Å². The highest BCUT2D eigenvalue weighted by Crippen LogP contribution is 2.32. The Labute approximate surface area is 184 Å². The van der Waals surface area contributed by atoms with Crippen molar-refractivity contribution in [3.8, 4) is 28.5 Å². The van der Waals surface area contributed by atoms with Gasteiger partial charge >= 0.3 is 6.18 Å². The Balaban J connectivity index is 1.36. The van der Waals surface area contributed by atoms with Crippen molar-refractivity contribution in [2.24, 2.45) is 0 Å². The highest BCUT2D eigenvalue weighted by atomic mass is 19.4. The van der Waals surface area contributed by atoms with Crippen molar-refractivity contribution in [3.05, 3.63) is 53.9 Å². The van der Waals surface area contributed by atoms with E-state index in [1.165, 1.54) is 12.1 Å². The molecule has 0 aliphatic carbocycles. The zero-order chi connectivity index (χ0) is 22.6. The molecular weight excluding hydrogens is 419 g/mol. The molecule has 1 aromatic carbocycles. The number of alkyl halides is 3. The van der Waals surface area contributed by atoms with E-state index in [0.29, 0.717) is 29.6 Å². The fraction of sp³-hybridized carbons (Fsp3) is 0.391. The van der Waals surface area contributed by atoms with Gasteiger partial charge in [0.1, 0.15) is 5.82 Å². The smallest absolute Gasteiger partial charge is 0.416 e. The monoisotopic (exact) mass is 445 g/mol. The van der Waals surface area contributed by atoms with E-state index in [1.54, 1.807) is 12.3 Å². The Bertz CT molecular complexity index is 1010. The average molecular weight is 445 g/mol. The van der Waals surface area contributed by atoms with Crippen LogP contribution in [0.25, 0.3) is 22.6 Å². The van der Waals surface area contributed by atoms with E-state index in [1.807, 2.05) is 13.0 Å². The van der Waals surface area contributed by atoms with Crippen LogP contribution in [-0.4, -0.2) is 59.2 Å². The highest BCUT2D eigenvalue weighted by molar-refractivity contribution is 5.67. The number of benzene rings is 1. The molecule has 1 saturated heterocycles. The van der Waals surface area contributed by atoms with Crippen LogP contribution in [0.1, 0.15) is 17.7 Å². The number of ether oxygens (including phenoxy) is 1. The number of imidazole rings is 1. The Kier molecular flexibility index (Phi) is 6.76. The van der Waals surface area contributed by atoms with Gasteiger partial charge in [-0.2, -0.15) is 13.2 Å². The largest absolute Gasteiger partial charge is 0.478 e. The number of piperazine rings is 1. The predicted molar refractivity (Wildman–Crippen MR) is 116 cm³/mol. The SMILES string of the molecule is Cc1[nH]c(-c2ccc(OCCCN3CCNCC3)nc2)nc1-c1ccc(C(F)(F)F)cc1. The third-order valence-corrected chi connectivity index (χ3v) is 5.46. The van der Waals surface area contributed by atoms with Gasteiger partial charge in [0, 0.05) is 61.8 Å². The lowest BCUT2D eigenvalue weighted by molar-refractivity contribution is -0.137. The lowest BCUT2D eigenvalue weighted by atomic mass is 10.1. The molecule has 0 spiro atoms. The molecular formula is C23H26F3N5O. The second kappa shape index (κ2) is 9.70. The molecule has 170 valence electrons. The number of rotatable bonds is 7. The first-order valence-electron chi connectivity index (χ1n) is 10.7. The molecule has 32 heavy (non-hydrogen) atoms. The van der Waals surface area contributed by atoms with Gasteiger partial charge in [-0.1, -0.05) is 12.1 Å². The van der Waals surface area contributed by atoms with Crippen molar-refractivity contribution in [1.29, 1.82) is 0 Å². The minimum Gasteiger partial charge on any atom is -0.478 e. The summed E-state index contributed by atoms with van der Waals surface area (Å²) in [5.74, 6) is 1.16. The number of aromatic amines is 1. The van der Waals surface area contributed by atoms with Crippen LogP contribution in [0.5, 0.6) is 5.88 Å². The molecule has 0 saturated carbocycles. The van der Waals surface area contributed by atoms with Crippen molar-refractivity contribution in [1.82, 2.24) is 25.2 Å². The van der Waals surface area contributed by atoms with Crippen LogP contribution in [0.4, 0.5) is 13.2 Å². The van der Waals surface area contributed by atoms with Crippen molar-refractivity contribution >= 4 is 0 Å². The van der Waals surface area contributed by atoms with Crippen LogP contribution < -0.4 is 10.1 Å². The maximum absolute atomic E-state index is 12.8. The molecule has 0 unspecified atom stereocenters. The number of nitrogens with zero attached hydrogens (tertiary/aromatic N) is 3. The molecule has 6 nitrogen and oxygen atoms in total. The third kappa shape index (κ3) is 5.46. The highest BCUT2D eigenvalue weighted by Gasteiger charge is 2.30. The standard InChI is InChI=1S/C23H26F3N5O/c1-16-21(17-3-6-19(7-4-17)23(24,25)26)30-22(29-16)18-5-8-20(28-15-18)32-14-2-11-31-12-9-27-10-13-31/h3-8,15,27H,2,9-14H2,1H3,(H,29,30). The van der Waals surface area contributed by atoms with Crippen molar-refractivity contribution in [2.75, 3.05) is 39.3 Å². The van der Waals surface area contributed by atoms with Gasteiger partial charge in [-0.3, -0.25) is 0 Å². The molecule has 1 aliphatic rings. The normalized spacial score (nSPS) is 15.1. The van der Waals surface area contributed by atoms with Gasteiger partial charge < -0.3 is 19.9 Å². The minimum absolute atomic E-state index is 0.556. The van der Waals surface area contributed by atoms with Crippen molar-refractivity contribution < 1.29 is 17.9 Å². The molecule has 1 aliphatic heterocycles. The van der Waals surface area contributed by atoms with E-state index in [2.05, 4.69) is 25.2 Å². The predicted octanol–water partition coefficient (Wildman–Crippen LogP) is 4.14. The van der Waals surface area contributed by atoms with Crippen LogP contribution in [0.2, 0.25) is 0 Å². The maximum Gasteiger partial charge on any atom is 0.416 e. The molecule has 3 aromatic rings. The molecule has 0 radical (unpaired) electrons. The first-order valence-corrected chi connectivity index (χ1v) is 10.7. The second-order valence-corrected chi connectivity index (χ2v) is 7.81. The van der Waals surface area contributed by atoms with Gasteiger partial charge in [-0.25, -0.2) is 9.97 Å². The molecule has 2 aromatic heterocycles. The topological polar surface area (TPSA) is 66.1 Å². The van der Waals surface area contributed by atoms with Crippen LogP contribution in [0, 0.1) is 6.92 Å². The average Bonchev–Trinajstić information content (AvgIpc) is 3.19. The fourth-order valence-corrected chi connectivity index (χ4v) is 3.70.